The van der Waals surface area contributed by atoms with Crippen molar-refractivity contribution in [1.82, 2.24) is 0 Å². The second kappa shape index (κ2) is 12.5. The number of ether oxygens (including phenoxy) is 6. The van der Waals surface area contributed by atoms with Gasteiger partial charge < -0.3 is 59.1 Å². The first-order chi connectivity index (χ1) is 19.6. The highest BCUT2D eigenvalue weighted by Gasteiger charge is 2.45. The summed E-state index contributed by atoms with van der Waals surface area (Å²) in [5.74, 6) is -1.81. The number of aliphatic hydroxyl groups excluding tert-OH is 4. The number of methoxy groups -OCH3 is 4. The van der Waals surface area contributed by atoms with Gasteiger partial charge in [-0.05, 0) is 41.0 Å². The number of carbonyl (C=O) groups is 1. The van der Waals surface area contributed by atoms with Crippen molar-refractivity contribution in [2.24, 2.45) is 5.92 Å². The van der Waals surface area contributed by atoms with Gasteiger partial charge in [0.2, 0.25) is 11.5 Å². The number of aromatic hydroxyl groups is 2. The van der Waals surface area contributed by atoms with Gasteiger partial charge in [-0.25, -0.2) is 0 Å². The minimum absolute atomic E-state index is 0.0643. The van der Waals surface area contributed by atoms with E-state index in [1.807, 2.05) is 0 Å². The molecule has 1 saturated heterocycles. The molecule has 2 aromatic carbocycles. The van der Waals surface area contributed by atoms with Gasteiger partial charge >= 0.3 is 0 Å². The van der Waals surface area contributed by atoms with E-state index in [2.05, 4.69) is 0 Å². The minimum atomic E-state index is -1.66. The third-order valence-electron chi connectivity index (χ3n) is 7.46. The Labute approximate surface area is 235 Å². The molecule has 0 amide bonds. The number of hydrogen-bond acceptors (Lipinski definition) is 13. The molecule has 0 spiro atoms. The van der Waals surface area contributed by atoms with Crippen LogP contribution in [0, 0.1) is 5.92 Å². The number of aliphatic hydroxyl groups is 4. The van der Waals surface area contributed by atoms with Gasteiger partial charge in [-0.1, -0.05) is 0 Å². The maximum atomic E-state index is 12.4. The van der Waals surface area contributed by atoms with Crippen LogP contribution in [0.4, 0.5) is 0 Å². The molecule has 1 fully saturated rings. The number of hydrogen-bond donors (Lipinski definition) is 6. The summed E-state index contributed by atoms with van der Waals surface area (Å²) >= 11 is 0. The zero-order valence-electron chi connectivity index (χ0n) is 22.9. The van der Waals surface area contributed by atoms with Crippen LogP contribution in [0.2, 0.25) is 0 Å². The summed E-state index contributed by atoms with van der Waals surface area (Å²) < 4.78 is 33.0. The van der Waals surface area contributed by atoms with Crippen LogP contribution in [0.3, 0.4) is 0 Å². The molecule has 4 rings (SSSR count). The molecule has 6 N–H and O–H groups in total. The Morgan fingerprint density at radius 1 is 0.854 bits per heavy atom. The molecule has 0 saturated carbocycles. The van der Waals surface area contributed by atoms with Crippen LogP contribution >= 0.6 is 0 Å². The van der Waals surface area contributed by atoms with E-state index >= 15 is 0 Å². The molecule has 13 nitrogen and oxygen atoms in total. The highest BCUT2D eigenvalue weighted by Crippen LogP contribution is 2.53. The van der Waals surface area contributed by atoms with Gasteiger partial charge in [-0.15, -0.1) is 0 Å². The topological polar surface area (TPSA) is 194 Å². The average molecular weight is 579 g/mol. The first-order valence-corrected chi connectivity index (χ1v) is 12.7. The Hall–Kier alpha value is -3.59. The molecule has 2 aromatic rings. The van der Waals surface area contributed by atoms with Crippen molar-refractivity contribution in [1.29, 1.82) is 0 Å². The summed E-state index contributed by atoms with van der Waals surface area (Å²) in [6, 6.07) is 4.64. The van der Waals surface area contributed by atoms with Crippen molar-refractivity contribution in [2.45, 2.75) is 36.6 Å². The zero-order valence-corrected chi connectivity index (χ0v) is 22.9. The molecule has 1 aliphatic heterocycles. The first-order valence-electron chi connectivity index (χ1n) is 12.7. The molecule has 41 heavy (non-hydrogen) atoms. The summed E-state index contributed by atoms with van der Waals surface area (Å²) in [6.45, 7) is -0.923. The maximum absolute atomic E-state index is 12.4. The van der Waals surface area contributed by atoms with E-state index in [0.29, 0.717) is 23.0 Å². The Morgan fingerprint density at radius 2 is 1.46 bits per heavy atom. The van der Waals surface area contributed by atoms with Crippen LogP contribution < -0.4 is 18.9 Å². The lowest BCUT2D eigenvalue weighted by atomic mass is 9.71. The predicted octanol–water partition coefficient (Wildman–Crippen LogP) is 0.293. The number of phenols is 2. The van der Waals surface area contributed by atoms with Gasteiger partial charge in [0.1, 0.15) is 30.7 Å². The molecule has 0 radical (unpaired) electrons. The quantitative estimate of drug-likeness (QED) is 0.211. The zero-order chi connectivity index (χ0) is 30.0. The normalized spacial score (nSPS) is 27.4. The van der Waals surface area contributed by atoms with Crippen molar-refractivity contribution in [3.63, 3.8) is 0 Å². The van der Waals surface area contributed by atoms with E-state index < -0.39 is 49.1 Å². The van der Waals surface area contributed by atoms with Crippen LogP contribution in [0.25, 0.3) is 6.08 Å². The van der Waals surface area contributed by atoms with Gasteiger partial charge in [0, 0.05) is 17.4 Å². The smallest absolute Gasteiger partial charge is 0.201 e. The first kappa shape index (κ1) is 30.4. The van der Waals surface area contributed by atoms with Crippen LogP contribution in [-0.4, -0.2) is 109 Å². The van der Waals surface area contributed by atoms with E-state index in [0.717, 1.165) is 0 Å². The Balaban J connectivity index is 1.87. The molecular formula is C28H34O13. The number of carbonyl (C=O) groups excluding carboxylic acids is 1. The molecule has 0 bridgehead atoms. The number of fused-ring (bicyclic) bond motifs is 1. The molecule has 0 aromatic heterocycles. The van der Waals surface area contributed by atoms with Crippen LogP contribution in [-0.2, 0) is 14.3 Å². The summed E-state index contributed by atoms with van der Waals surface area (Å²) in [7, 11) is 5.46. The fourth-order valence-electron chi connectivity index (χ4n) is 5.35. The van der Waals surface area contributed by atoms with Gasteiger partial charge in [0.25, 0.3) is 0 Å². The lowest BCUT2D eigenvalue weighted by Crippen LogP contribution is -2.59. The van der Waals surface area contributed by atoms with Crippen LogP contribution in [0.5, 0.6) is 34.5 Å². The standard InChI is InChI=1S/C28H34O13/c1-36-16-7-13(8-17(37-2)22(16)31)20-15(11-40-28-26(35)25(34)23(32)19(10-30)41-28)14(9-29)5-12-6-18(38-3)24(33)27(39-4)21(12)20/h5-9,15,19-20,23,25-26,28,30-35H,10-11H2,1-4H3/t15-,19-,20+,23-,25+,26-,28-/m1/s1. The number of phenolic OH excluding ortho intramolecular Hbond substituents is 2. The fraction of sp³-hybridized carbons (Fsp3) is 0.464. The fourth-order valence-corrected chi connectivity index (χ4v) is 5.35. The second-order valence-corrected chi connectivity index (χ2v) is 9.61. The predicted molar refractivity (Wildman–Crippen MR) is 142 cm³/mol. The lowest BCUT2D eigenvalue weighted by Gasteiger charge is -2.41. The summed E-state index contributed by atoms with van der Waals surface area (Å²) in [5.41, 5.74) is 1.69. The molecule has 1 aliphatic carbocycles. The van der Waals surface area contributed by atoms with E-state index in [1.165, 1.54) is 28.4 Å². The average Bonchev–Trinajstić information content (AvgIpc) is 2.98. The van der Waals surface area contributed by atoms with E-state index in [-0.39, 0.29) is 46.7 Å². The molecule has 13 heteroatoms. The largest absolute Gasteiger partial charge is 0.502 e. The number of benzene rings is 2. The minimum Gasteiger partial charge on any atom is -0.502 e. The van der Waals surface area contributed by atoms with Crippen molar-refractivity contribution in [3.8, 4) is 34.5 Å². The molecule has 7 atom stereocenters. The second-order valence-electron chi connectivity index (χ2n) is 9.61. The van der Waals surface area contributed by atoms with Crippen molar-refractivity contribution in [3.05, 3.63) is 40.5 Å². The van der Waals surface area contributed by atoms with Gasteiger partial charge in [0.15, 0.2) is 29.3 Å². The van der Waals surface area contributed by atoms with E-state index in [1.54, 1.807) is 24.3 Å². The van der Waals surface area contributed by atoms with Crippen LogP contribution in [0.15, 0.2) is 23.8 Å². The Kier molecular flexibility index (Phi) is 9.27. The van der Waals surface area contributed by atoms with Crippen molar-refractivity contribution < 1.29 is 63.9 Å². The highest BCUT2D eigenvalue weighted by atomic mass is 16.7. The molecule has 1 heterocycles. The van der Waals surface area contributed by atoms with Gasteiger partial charge in [-0.2, -0.15) is 0 Å². The van der Waals surface area contributed by atoms with Crippen molar-refractivity contribution in [2.75, 3.05) is 41.7 Å². The molecule has 0 unspecified atom stereocenters. The van der Waals surface area contributed by atoms with Crippen molar-refractivity contribution >= 4 is 12.4 Å². The van der Waals surface area contributed by atoms with E-state index in [4.69, 9.17) is 28.4 Å². The highest BCUT2D eigenvalue weighted by molar-refractivity contribution is 5.87. The Morgan fingerprint density at radius 3 is 2.00 bits per heavy atom. The molecule has 2 aliphatic rings. The molecular weight excluding hydrogens is 544 g/mol. The monoisotopic (exact) mass is 578 g/mol. The SMILES string of the molecule is COc1cc([C@@H]2c3c(cc(OC)c(O)c3OC)C=C(C=O)[C@H]2CO[C@@H]2O[C@H](CO)[C@@H](O)[C@H](O)[C@H]2O)cc(OC)c1O. The van der Waals surface area contributed by atoms with Gasteiger partial charge in [-0.3, -0.25) is 4.79 Å². The number of rotatable bonds is 10. The van der Waals surface area contributed by atoms with Gasteiger partial charge in [0.05, 0.1) is 41.7 Å². The Bertz CT molecular complexity index is 1270. The third-order valence-corrected chi connectivity index (χ3v) is 7.46. The lowest BCUT2D eigenvalue weighted by molar-refractivity contribution is -0.302. The summed E-state index contributed by atoms with van der Waals surface area (Å²) in [5, 5.41) is 61.9. The summed E-state index contributed by atoms with van der Waals surface area (Å²) in [4.78, 5) is 12.4. The molecule has 224 valence electrons. The summed E-state index contributed by atoms with van der Waals surface area (Å²) in [6.07, 6.45) is -5.34. The number of aldehydes is 1. The van der Waals surface area contributed by atoms with Crippen LogP contribution in [0.1, 0.15) is 22.6 Å². The third kappa shape index (κ3) is 5.39. The van der Waals surface area contributed by atoms with E-state index in [9.17, 15) is 35.4 Å². The maximum Gasteiger partial charge on any atom is 0.201 e.